The zero-order valence-corrected chi connectivity index (χ0v) is 10.5. The second-order valence-corrected chi connectivity index (χ2v) is 4.46. The molecule has 0 spiro atoms. The van der Waals surface area contributed by atoms with Crippen LogP contribution in [0.5, 0.6) is 0 Å². The molecule has 0 aliphatic carbocycles. The number of benzene rings is 1. The summed E-state index contributed by atoms with van der Waals surface area (Å²) in [5.74, 6) is -3.52. The van der Waals surface area contributed by atoms with Gasteiger partial charge in [-0.3, -0.25) is 0 Å². The standard InChI is InChI=1S/C10H6BrF3N4/c11-9-15-10-17(3-4-18(10)16-9)6-2-1-5(12)7(13)8(6)14/h1-2H,3-4H2. The summed E-state index contributed by atoms with van der Waals surface area (Å²) >= 11 is 3.10. The minimum atomic E-state index is -1.48. The van der Waals surface area contributed by atoms with E-state index >= 15 is 0 Å². The fourth-order valence-corrected chi connectivity index (χ4v) is 2.25. The zero-order valence-electron chi connectivity index (χ0n) is 8.87. The quantitative estimate of drug-likeness (QED) is 0.758. The first-order valence-electron chi connectivity index (χ1n) is 5.09. The molecular formula is C10H6BrF3N4. The van der Waals surface area contributed by atoms with Gasteiger partial charge in [-0.2, -0.15) is 4.98 Å². The fourth-order valence-electron chi connectivity index (χ4n) is 1.90. The van der Waals surface area contributed by atoms with Gasteiger partial charge in [-0.25, -0.2) is 17.9 Å². The first-order chi connectivity index (χ1) is 8.58. The van der Waals surface area contributed by atoms with Crippen molar-refractivity contribution < 1.29 is 13.2 Å². The van der Waals surface area contributed by atoms with Gasteiger partial charge in [0.05, 0.1) is 12.2 Å². The van der Waals surface area contributed by atoms with Crippen LogP contribution in [0.25, 0.3) is 0 Å². The molecule has 2 heterocycles. The number of aromatic nitrogens is 3. The van der Waals surface area contributed by atoms with Gasteiger partial charge >= 0.3 is 0 Å². The number of fused-ring (bicyclic) bond motifs is 1. The van der Waals surface area contributed by atoms with E-state index in [-0.39, 0.29) is 5.69 Å². The summed E-state index contributed by atoms with van der Waals surface area (Å²) in [7, 11) is 0. The highest BCUT2D eigenvalue weighted by atomic mass is 79.9. The van der Waals surface area contributed by atoms with Gasteiger partial charge < -0.3 is 4.90 Å². The number of rotatable bonds is 1. The van der Waals surface area contributed by atoms with Crippen molar-refractivity contribution in [3.05, 3.63) is 34.3 Å². The van der Waals surface area contributed by atoms with E-state index in [0.717, 1.165) is 6.07 Å². The maximum atomic E-state index is 13.7. The van der Waals surface area contributed by atoms with Crippen LogP contribution >= 0.6 is 15.9 Å². The molecule has 0 unspecified atom stereocenters. The molecule has 0 saturated carbocycles. The van der Waals surface area contributed by atoms with E-state index in [4.69, 9.17) is 0 Å². The van der Waals surface area contributed by atoms with Gasteiger partial charge in [0, 0.05) is 6.54 Å². The molecule has 0 N–H and O–H groups in total. The summed E-state index contributed by atoms with van der Waals surface area (Å²) in [5, 5.41) is 4.03. The van der Waals surface area contributed by atoms with E-state index in [1.807, 2.05) is 0 Å². The van der Waals surface area contributed by atoms with Crippen LogP contribution < -0.4 is 4.90 Å². The smallest absolute Gasteiger partial charge is 0.229 e. The summed E-state index contributed by atoms with van der Waals surface area (Å²) in [6.07, 6.45) is 0. The second kappa shape index (κ2) is 3.98. The van der Waals surface area contributed by atoms with Gasteiger partial charge in [0.1, 0.15) is 0 Å². The van der Waals surface area contributed by atoms with Crippen LogP contribution in [0.15, 0.2) is 16.9 Å². The Balaban J connectivity index is 2.10. The lowest BCUT2D eigenvalue weighted by Crippen LogP contribution is -2.16. The van der Waals surface area contributed by atoms with E-state index in [9.17, 15) is 13.2 Å². The van der Waals surface area contributed by atoms with E-state index in [2.05, 4.69) is 26.0 Å². The highest BCUT2D eigenvalue weighted by Gasteiger charge is 2.28. The van der Waals surface area contributed by atoms with Crippen LogP contribution in [0, 0.1) is 17.5 Å². The Morgan fingerprint density at radius 1 is 1.11 bits per heavy atom. The van der Waals surface area contributed by atoms with Crippen molar-refractivity contribution in [2.45, 2.75) is 6.54 Å². The van der Waals surface area contributed by atoms with Crippen molar-refractivity contribution in [3.63, 3.8) is 0 Å². The van der Waals surface area contributed by atoms with Crippen molar-refractivity contribution in [2.75, 3.05) is 11.4 Å². The van der Waals surface area contributed by atoms with E-state index in [1.165, 1.54) is 11.0 Å². The molecule has 2 aromatic rings. The molecule has 1 aromatic heterocycles. The number of hydrogen-bond acceptors (Lipinski definition) is 3. The normalized spacial score (nSPS) is 14.1. The highest BCUT2D eigenvalue weighted by Crippen LogP contribution is 2.32. The first-order valence-corrected chi connectivity index (χ1v) is 5.88. The lowest BCUT2D eigenvalue weighted by molar-refractivity contribution is 0.447. The van der Waals surface area contributed by atoms with Crippen molar-refractivity contribution >= 4 is 27.6 Å². The Morgan fingerprint density at radius 2 is 1.89 bits per heavy atom. The van der Waals surface area contributed by atoms with E-state index in [0.29, 0.717) is 23.8 Å². The Kier molecular flexibility index (Phi) is 2.54. The molecule has 0 bridgehead atoms. The number of nitrogens with zero attached hydrogens (tertiary/aromatic N) is 4. The van der Waals surface area contributed by atoms with Crippen molar-refractivity contribution in [1.82, 2.24) is 14.8 Å². The predicted molar refractivity (Wildman–Crippen MR) is 61.0 cm³/mol. The molecule has 1 aliphatic rings. The molecule has 0 radical (unpaired) electrons. The van der Waals surface area contributed by atoms with Crippen LogP contribution in [0.4, 0.5) is 24.8 Å². The molecule has 0 saturated heterocycles. The fraction of sp³-hybridized carbons (Fsp3) is 0.200. The van der Waals surface area contributed by atoms with Crippen LogP contribution in [-0.4, -0.2) is 21.3 Å². The zero-order chi connectivity index (χ0) is 12.9. The van der Waals surface area contributed by atoms with Gasteiger partial charge in [0.15, 0.2) is 17.5 Å². The third kappa shape index (κ3) is 1.59. The van der Waals surface area contributed by atoms with E-state index < -0.39 is 17.5 Å². The summed E-state index contributed by atoms with van der Waals surface area (Å²) in [6, 6.07) is 2.08. The SMILES string of the molecule is Fc1ccc(N2CCn3nc(Br)nc32)c(F)c1F. The Bertz CT molecular complexity index is 628. The molecule has 18 heavy (non-hydrogen) atoms. The Hall–Kier alpha value is -1.57. The van der Waals surface area contributed by atoms with Crippen LogP contribution in [0.3, 0.4) is 0 Å². The molecule has 0 fully saturated rings. The maximum absolute atomic E-state index is 13.7. The molecule has 0 atom stereocenters. The average Bonchev–Trinajstić information content (AvgIpc) is 2.86. The summed E-state index contributed by atoms with van der Waals surface area (Å²) in [6.45, 7) is 0.914. The van der Waals surface area contributed by atoms with Gasteiger partial charge in [-0.15, -0.1) is 5.10 Å². The summed E-state index contributed by atoms with van der Waals surface area (Å²) < 4.78 is 41.7. The van der Waals surface area contributed by atoms with Crippen LogP contribution in [0.1, 0.15) is 0 Å². The molecule has 94 valence electrons. The minimum absolute atomic E-state index is 0.0486. The maximum Gasteiger partial charge on any atom is 0.229 e. The Morgan fingerprint density at radius 3 is 2.67 bits per heavy atom. The topological polar surface area (TPSA) is 34.0 Å². The largest absolute Gasteiger partial charge is 0.306 e. The van der Waals surface area contributed by atoms with E-state index in [1.54, 1.807) is 4.68 Å². The molecule has 4 nitrogen and oxygen atoms in total. The molecule has 8 heteroatoms. The lowest BCUT2D eigenvalue weighted by atomic mass is 10.2. The van der Waals surface area contributed by atoms with Crippen LogP contribution in [-0.2, 0) is 6.54 Å². The van der Waals surface area contributed by atoms with Gasteiger partial charge in [-0.1, -0.05) is 0 Å². The third-order valence-corrected chi connectivity index (χ3v) is 3.04. The van der Waals surface area contributed by atoms with Crippen molar-refractivity contribution in [2.24, 2.45) is 0 Å². The summed E-state index contributed by atoms with van der Waals surface area (Å²) in [4.78, 5) is 5.51. The second-order valence-electron chi connectivity index (χ2n) is 3.75. The van der Waals surface area contributed by atoms with Gasteiger partial charge in [0.25, 0.3) is 0 Å². The third-order valence-electron chi connectivity index (χ3n) is 2.71. The molecule has 1 aliphatic heterocycles. The minimum Gasteiger partial charge on any atom is -0.306 e. The van der Waals surface area contributed by atoms with Crippen molar-refractivity contribution in [3.8, 4) is 0 Å². The van der Waals surface area contributed by atoms with Crippen molar-refractivity contribution in [1.29, 1.82) is 0 Å². The molecular weight excluding hydrogens is 313 g/mol. The Labute approximate surface area is 108 Å². The lowest BCUT2D eigenvalue weighted by Gasteiger charge is -2.16. The molecule has 3 rings (SSSR count). The number of hydrogen-bond donors (Lipinski definition) is 0. The number of halogens is 4. The highest BCUT2D eigenvalue weighted by molar-refractivity contribution is 9.10. The first kappa shape index (κ1) is 11.5. The molecule has 0 amide bonds. The van der Waals surface area contributed by atoms with Gasteiger partial charge in [-0.05, 0) is 28.1 Å². The average molecular weight is 319 g/mol. The monoisotopic (exact) mass is 318 g/mol. The predicted octanol–water partition coefficient (Wildman–Crippen LogP) is 2.61. The molecule has 1 aromatic carbocycles. The number of anilines is 2. The summed E-state index contributed by atoms with van der Waals surface area (Å²) in [5.41, 5.74) is -0.0486. The van der Waals surface area contributed by atoms with Gasteiger partial charge in [0.2, 0.25) is 10.7 Å². The van der Waals surface area contributed by atoms with Crippen LogP contribution in [0.2, 0.25) is 0 Å².